The zero-order valence-corrected chi connectivity index (χ0v) is 15.1. The van der Waals surface area contributed by atoms with Crippen molar-refractivity contribution < 1.29 is 14.3 Å². The monoisotopic (exact) mass is 361 g/mol. The third-order valence-corrected chi connectivity index (χ3v) is 3.68. The van der Waals surface area contributed by atoms with Crippen LogP contribution in [0.3, 0.4) is 0 Å². The number of ether oxygens (including phenoxy) is 2. The van der Waals surface area contributed by atoms with Crippen LogP contribution in [0.25, 0.3) is 0 Å². The Hall–Kier alpha value is -2.73. The number of methoxy groups -OCH3 is 2. The van der Waals surface area contributed by atoms with Crippen LogP contribution in [0.2, 0.25) is 5.02 Å². The van der Waals surface area contributed by atoms with Gasteiger partial charge in [-0.25, -0.2) is 5.43 Å². The van der Waals surface area contributed by atoms with Crippen molar-refractivity contribution in [2.75, 3.05) is 26.1 Å². The molecule has 2 N–H and O–H groups in total. The lowest BCUT2D eigenvalue weighted by atomic mass is 10.1. The van der Waals surface area contributed by atoms with Crippen molar-refractivity contribution in [3.05, 3.63) is 53.1 Å². The maximum atomic E-state index is 11.9. The van der Waals surface area contributed by atoms with Gasteiger partial charge in [0.25, 0.3) is 5.91 Å². The first-order valence-electron chi connectivity index (χ1n) is 7.58. The molecule has 0 aliphatic heterocycles. The summed E-state index contributed by atoms with van der Waals surface area (Å²) in [6.07, 6.45) is 0. The van der Waals surface area contributed by atoms with Gasteiger partial charge < -0.3 is 14.8 Å². The third-order valence-electron chi connectivity index (χ3n) is 3.44. The number of hydrogen-bond donors (Lipinski definition) is 2. The number of benzene rings is 2. The molecule has 2 rings (SSSR count). The van der Waals surface area contributed by atoms with E-state index in [1.54, 1.807) is 39.3 Å². The van der Waals surface area contributed by atoms with Gasteiger partial charge in [-0.3, -0.25) is 4.79 Å². The van der Waals surface area contributed by atoms with E-state index in [1.165, 1.54) is 0 Å². The third kappa shape index (κ3) is 5.39. The molecule has 0 aromatic heterocycles. The summed E-state index contributed by atoms with van der Waals surface area (Å²) in [5.41, 5.74) is 4.64. The van der Waals surface area contributed by atoms with Gasteiger partial charge in [0.15, 0.2) is 0 Å². The number of anilines is 1. The van der Waals surface area contributed by atoms with Gasteiger partial charge in [-0.1, -0.05) is 11.6 Å². The van der Waals surface area contributed by atoms with E-state index in [9.17, 15) is 4.79 Å². The molecule has 6 nitrogen and oxygen atoms in total. The van der Waals surface area contributed by atoms with Crippen LogP contribution < -0.4 is 20.2 Å². The number of halogens is 1. The molecular weight excluding hydrogens is 342 g/mol. The summed E-state index contributed by atoms with van der Waals surface area (Å²) in [6, 6.07) is 12.5. The van der Waals surface area contributed by atoms with Crippen LogP contribution in [-0.4, -0.2) is 32.4 Å². The Morgan fingerprint density at radius 1 is 1.12 bits per heavy atom. The van der Waals surface area contributed by atoms with Crippen molar-refractivity contribution in [1.29, 1.82) is 0 Å². The van der Waals surface area contributed by atoms with E-state index in [4.69, 9.17) is 21.1 Å². The quantitative estimate of drug-likeness (QED) is 0.586. The van der Waals surface area contributed by atoms with Gasteiger partial charge in [0.1, 0.15) is 11.5 Å². The molecule has 0 fully saturated rings. The van der Waals surface area contributed by atoms with E-state index < -0.39 is 0 Å². The van der Waals surface area contributed by atoms with Crippen molar-refractivity contribution in [3.63, 3.8) is 0 Å². The van der Waals surface area contributed by atoms with Crippen molar-refractivity contribution >= 4 is 28.9 Å². The van der Waals surface area contributed by atoms with E-state index >= 15 is 0 Å². The Labute approximate surface area is 151 Å². The zero-order valence-electron chi connectivity index (χ0n) is 14.3. The molecule has 2 aromatic rings. The van der Waals surface area contributed by atoms with Crippen LogP contribution in [-0.2, 0) is 4.79 Å². The molecule has 0 unspecified atom stereocenters. The number of nitrogens with one attached hydrogen (secondary N) is 2. The van der Waals surface area contributed by atoms with Crippen molar-refractivity contribution in [1.82, 2.24) is 5.43 Å². The van der Waals surface area contributed by atoms with E-state index in [1.807, 2.05) is 24.3 Å². The largest absolute Gasteiger partial charge is 0.497 e. The minimum absolute atomic E-state index is 0.0930. The molecule has 0 aliphatic rings. The summed E-state index contributed by atoms with van der Waals surface area (Å²) in [6.45, 7) is 1.86. The van der Waals surface area contributed by atoms with Crippen LogP contribution >= 0.6 is 11.6 Å². The summed E-state index contributed by atoms with van der Waals surface area (Å²) in [4.78, 5) is 11.9. The highest BCUT2D eigenvalue weighted by Crippen LogP contribution is 2.23. The molecule has 0 spiro atoms. The molecule has 0 radical (unpaired) electrons. The smallest absolute Gasteiger partial charge is 0.259 e. The molecule has 7 heteroatoms. The average molecular weight is 362 g/mol. The van der Waals surface area contributed by atoms with E-state index in [2.05, 4.69) is 15.8 Å². The fourth-order valence-corrected chi connectivity index (χ4v) is 2.27. The molecule has 2 aromatic carbocycles. The molecule has 25 heavy (non-hydrogen) atoms. The lowest BCUT2D eigenvalue weighted by molar-refractivity contribution is -0.119. The van der Waals surface area contributed by atoms with Crippen LogP contribution in [0.1, 0.15) is 12.5 Å². The maximum absolute atomic E-state index is 11.9. The standard InChI is InChI=1S/C18H20ClN3O3/c1-12(16-10-13(19)4-9-17(16)25-3)21-22-18(23)11-20-14-5-7-15(24-2)8-6-14/h4-10,20H,11H2,1-3H3,(H,22,23)/b21-12-. The highest BCUT2D eigenvalue weighted by Gasteiger charge is 2.08. The molecule has 0 aliphatic carbocycles. The summed E-state index contributed by atoms with van der Waals surface area (Å²) >= 11 is 6.00. The van der Waals surface area contributed by atoms with E-state index in [0.29, 0.717) is 16.5 Å². The van der Waals surface area contributed by atoms with Crippen molar-refractivity contribution in [2.24, 2.45) is 5.10 Å². The minimum Gasteiger partial charge on any atom is -0.497 e. The fraction of sp³-hybridized carbons (Fsp3) is 0.222. The molecule has 0 atom stereocenters. The molecular formula is C18H20ClN3O3. The SMILES string of the molecule is COc1ccc(NCC(=O)N/N=C(/C)c2cc(Cl)ccc2OC)cc1. The van der Waals surface area contributed by atoms with E-state index in [0.717, 1.165) is 17.0 Å². The van der Waals surface area contributed by atoms with Crippen LogP contribution in [0.15, 0.2) is 47.6 Å². The molecule has 0 saturated heterocycles. The van der Waals surface area contributed by atoms with Crippen LogP contribution in [0.4, 0.5) is 5.69 Å². The number of carbonyl (C=O) groups is 1. The van der Waals surface area contributed by atoms with Gasteiger partial charge >= 0.3 is 0 Å². The van der Waals surface area contributed by atoms with Gasteiger partial charge in [-0.15, -0.1) is 0 Å². The molecule has 1 amide bonds. The molecule has 0 saturated carbocycles. The molecule has 0 heterocycles. The Balaban J connectivity index is 1.93. The lowest BCUT2D eigenvalue weighted by Gasteiger charge is -2.09. The van der Waals surface area contributed by atoms with Gasteiger partial charge in [0.2, 0.25) is 0 Å². The van der Waals surface area contributed by atoms with E-state index in [-0.39, 0.29) is 12.5 Å². The fourth-order valence-electron chi connectivity index (χ4n) is 2.10. The lowest BCUT2D eigenvalue weighted by Crippen LogP contribution is -2.26. The average Bonchev–Trinajstić information content (AvgIpc) is 2.64. The second-order valence-electron chi connectivity index (χ2n) is 5.16. The Morgan fingerprint density at radius 3 is 2.48 bits per heavy atom. The second-order valence-corrected chi connectivity index (χ2v) is 5.60. The van der Waals surface area contributed by atoms with Gasteiger partial charge in [-0.2, -0.15) is 5.10 Å². The molecule has 0 bridgehead atoms. The Kier molecular flexibility index (Phi) is 6.65. The predicted molar refractivity (Wildman–Crippen MR) is 99.8 cm³/mol. The van der Waals surface area contributed by atoms with Crippen LogP contribution in [0.5, 0.6) is 11.5 Å². The zero-order chi connectivity index (χ0) is 18.2. The highest BCUT2D eigenvalue weighted by atomic mass is 35.5. The van der Waals surface area contributed by atoms with Crippen molar-refractivity contribution in [3.8, 4) is 11.5 Å². The Morgan fingerprint density at radius 2 is 1.84 bits per heavy atom. The number of carbonyl (C=O) groups excluding carboxylic acids is 1. The number of rotatable bonds is 7. The summed E-state index contributed by atoms with van der Waals surface area (Å²) < 4.78 is 10.4. The first kappa shape index (κ1) is 18.6. The first-order chi connectivity index (χ1) is 12.0. The van der Waals surface area contributed by atoms with Crippen molar-refractivity contribution in [2.45, 2.75) is 6.92 Å². The number of amides is 1. The number of hydrogen-bond acceptors (Lipinski definition) is 5. The predicted octanol–water partition coefficient (Wildman–Crippen LogP) is 3.31. The van der Waals surface area contributed by atoms with Gasteiger partial charge in [0.05, 0.1) is 26.5 Å². The topological polar surface area (TPSA) is 72.0 Å². The number of nitrogens with zero attached hydrogens (tertiary/aromatic N) is 1. The maximum Gasteiger partial charge on any atom is 0.259 e. The summed E-state index contributed by atoms with van der Waals surface area (Å²) in [5.74, 6) is 1.12. The molecule has 132 valence electrons. The van der Waals surface area contributed by atoms with Crippen LogP contribution in [0, 0.1) is 0 Å². The minimum atomic E-state index is -0.267. The van der Waals surface area contributed by atoms with Gasteiger partial charge in [-0.05, 0) is 49.4 Å². The highest BCUT2D eigenvalue weighted by molar-refractivity contribution is 6.31. The second kappa shape index (κ2) is 8.94. The number of hydrazone groups is 1. The van der Waals surface area contributed by atoms with Gasteiger partial charge in [0, 0.05) is 16.3 Å². The summed E-state index contributed by atoms with van der Waals surface area (Å²) in [7, 11) is 3.17. The first-order valence-corrected chi connectivity index (χ1v) is 7.96. The Bertz CT molecular complexity index is 761. The summed E-state index contributed by atoms with van der Waals surface area (Å²) in [5, 5.41) is 7.68. The normalized spacial score (nSPS) is 11.0.